The van der Waals surface area contributed by atoms with Gasteiger partial charge in [-0.15, -0.1) is 0 Å². The summed E-state index contributed by atoms with van der Waals surface area (Å²) in [6.45, 7) is 2.64. The van der Waals surface area contributed by atoms with Gasteiger partial charge in [-0.05, 0) is 30.2 Å². The number of aromatic nitrogens is 2. The molecule has 5 rings (SSSR count). The molecule has 0 fully saturated rings. The molecule has 5 aromatic rings. The van der Waals surface area contributed by atoms with Gasteiger partial charge in [0.2, 0.25) is 5.76 Å². The van der Waals surface area contributed by atoms with Gasteiger partial charge in [-0.3, -0.25) is 4.68 Å². The maximum absolute atomic E-state index is 12.6. The Kier molecular flexibility index (Phi) is 6.66. The summed E-state index contributed by atoms with van der Waals surface area (Å²) in [5, 5.41) is 8.96. The van der Waals surface area contributed by atoms with E-state index >= 15 is 0 Å². The highest BCUT2D eigenvalue weighted by molar-refractivity contribution is 6.06. The van der Waals surface area contributed by atoms with Crippen molar-refractivity contribution in [2.45, 2.75) is 32.7 Å². The quantitative estimate of drug-likeness (QED) is 0.295. The van der Waals surface area contributed by atoms with E-state index in [-0.39, 0.29) is 25.0 Å². The lowest BCUT2D eigenvalue weighted by Gasteiger charge is -2.15. The second-order valence-corrected chi connectivity index (χ2v) is 8.52. The van der Waals surface area contributed by atoms with E-state index in [9.17, 15) is 9.59 Å². The second-order valence-electron chi connectivity index (χ2n) is 8.52. The number of hydrogen-bond acceptors (Lipinski definition) is 6. The molecular formula is C28H25N3O5. The number of carbonyl (C=O) groups excluding carboxylic acids is 2. The number of esters is 1. The number of hydrogen-bond donors (Lipinski definition) is 1. The Bertz CT molecular complexity index is 1490. The molecule has 1 N–H and O–H groups in total. The number of carbonyl (C=O) groups is 2. The summed E-state index contributed by atoms with van der Waals surface area (Å²) in [5.41, 5.74) is 3.17. The Labute approximate surface area is 207 Å². The molecule has 0 radical (unpaired) electrons. The van der Waals surface area contributed by atoms with E-state index in [1.165, 1.54) is 0 Å². The Morgan fingerprint density at radius 1 is 0.944 bits per heavy atom. The van der Waals surface area contributed by atoms with Crippen molar-refractivity contribution < 1.29 is 23.5 Å². The highest BCUT2D eigenvalue weighted by atomic mass is 16.6. The Morgan fingerprint density at radius 2 is 1.61 bits per heavy atom. The highest BCUT2D eigenvalue weighted by Gasteiger charge is 2.19. The van der Waals surface area contributed by atoms with Gasteiger partial charge in [-0.1, -0.05) is 60.7 Å². The van der Waals surface area contributed by atoms with Crippen LogP contribution in [0.3, 0.4) is 0 Å². The lowest BCUT2D eigenvalue weighted by molar-refractivity contribution is 0.0438. The summed E-state index contributed by atoms with van der Waals surface area (Å²) in [6.07, 6.45) is 1.25. The van der Waals surface area contributed by atoms with Gasteiger partial charge in [-0.25, -0.2) is 9.59 Å². The van der Waals surface area contributed by atoms with Gasteiger partial charge in [-0.2, -0.15) is 5.10 Å². The molecule has 182 valence electrons. The Hall–Kier alpha value is -4.59. The molecule has 0 bridgehead atoms. The molecule has 3 aromatic carbocycles. The topological polar surface area (TPSA) is 95.6 Å². The summed E-state index contributed by atoms with van der Waals surface area (Å²) in [5.74, 6) is -0.415. The molecule has 0 saturated carbocycles. The van der Waals surface area contributed by atoms with Crippen molar-refractivity contribution in [1.82, 2.24) is 15.1 Å². The summed E-state index contributed by atoms with van der Waals surface area (Å²) in [6, 6.07) is 24.1. The van der Waals surface area contributed by atoms with E-state index in [4.69, 9.17) is 13.9 Å². The monoisotopic (exact) mass is 483 g/mol. The van der Waals surface area contributed by atoms with Gasteiger partial charge in [0.1, 0.15) is 18.8 Å². The van der Waals surface area contributed by atoms with Crippen LogP contribution in [0.4, 0.5) is 4.79 Å². The van der Waals surface area contributed by atoms with Crippen LogP contribution >= 0.6 is 0 Å². The zero-order valence-electron chi connectivity index (χ0n) is 19.7. The van der Waals surface area contributed by atoms with Gasteiger partial charge in [0.05, 0.1) is 18.3 Å². The van der Waals surface area contributed by atoms with E-state index in [0.29, 0.717) is 12.1 Å². The number of ether oxygens (including phenoxy) is 2. The molecule has 1 atom stereocenters. The van der Waals surface area contributed by atoms with Crippen molar-refractivity contribution >= 4 is 33.9 Å². The molecule has 8 heteroatoms. The molecule has 0 saturated heterocycles. The maximum atomic E-state index is 12.6. The summed E-state index contributed by atoms with van der Waals surface area (Å²) in [7, 11) is 0. The highest BCUT2D eigenvalue weighted by Crippen LogP contribution is 2.29. The first-order valence-corrected chi connectivity index (χ1v) is 11.6. The first-order chi connectivity index (χ1) is 17.6. The summed E-state index contributed by atoms with van der Waals surface area (Å²) in [4.78, 5) is 24.9. The van der Waals surface area contributed by atoms with Crippen LogP contribution in [-0.4, -0.2) is 27.9 Å². The van der Waals surface area contributed by atoms with Gasteiger partial charge in [0.25, 0.3) is 0 Å². The largest absolute Gasteiger partial charge is 0.455 e. The molecule has 1 unspecified atom stereocenters. The van der Waals surface area contributed by atoms with E-state index < -0.39 is 12.1 Å². The molecule has 1 amide bonds. The van der Waals surface area contributed by atoms with Crippen LogP contribution in [0.1, 0.15) is 28.6 Å². The van der Waals surface area contributed by atoms with Gasteiger partial charge in [0, 0.05) is 22.9 Å². The van der Waals surface area contributed by atoms with Crippen molar-refractivity contribution in [3.05, 3.63) is 102 Å². The van der Waals surface area contributed by atoms with Crippen molar-refractivity contribution in [2.24, 2.45) is 0 Å². The van der Waals surface area contributed by atoms with E-state index in [1.54, 1.807) is 23.0 Å². The normalized spacial score (nSPS) is 11.9. The number of nitrogens with one attached hydrogen (secondary N) is 1. The van der Waals surface area contributed by atoms with Gasteiger partial charge >= 0.3 is 12.1 Å². The average Bonchev–Trinajstić information content (AvgIpc) is 3.51. The molecular weight excluding hydrogens is 458 g/mol. The standard InChI is InChI=1S/C28H25N3O5/c1-19(30-28(33)35-18-21-10-6-3-7-11-21)16-31-26-22(15-29-31)12-13-24-23(26)14-25(36-24)27(32)34-17-20-8-4-2-5-9-20/h2-15,19H,16-18H2,1H3,(H,30,33). The minimum atomic E-state index is -0.537. The van der Waals surface area contributed by atoms with Crippen molar-refractivity contribution in [2.75, 3.05) is 0 Å². The number of fused-ring (bicyclic) bond motifs is 3. The number of rotatable bonds is 8. The van der Waals surface area contributed by atoms with Gasteiger partial charge in [0.15, 0.2) is 0 Å². The first kappa shape index (κ1) is 23.2. The third-order valence-corrected chi connectivity index (χ3v) is 5.74. The van der Waals surface area contributed by atoms with Crippen LogP contribution in [0.2, 0.25) is 0 Å². The number of furan rings is 1. The molecule has 0 spiro atoms. The summed E-state index contributed by atoms with van der Waals surface area (Å²) >= 11 is 0. The van der Waals surface area contributed by atoms with E-state index in [1.807, 2.05) is 73.7 Å². The van der Waals surface area contributed by atoms with Gasteiger partial charge < -0.3 is 19.2 Å². The van der Waals surface area contributed by atoms with E-state index in [2.05, 4.69) is 10.4 Å². The molecule has 8 nitrogen and oxygen atoms in total. The Balaban J connectivity index is 1.27. The minimum absolute atomic E-state index is 0.122. The van der Waals surface area contributed by atoms with Crippen LogP contribution in [0.15, 0.2) is 89.5 Å². The lowest BCUT2D eigenvalue weighted by Crippen LogP contribution is -2.36. The van der Waals surface area contributed by atoms with E-state index in [0.717, 1.165) is 27.4 Å². The SMILES string of the molecule is CC(Cn1ncc2ccc3oc(C(=O)OCc4ccccc4)cc3c21)NC(=O)OCc1ccccc1. The number of nitrogens with zero attached hydrogens (tertiary/aromatic N) is 2. The minimum Gasteiger partial charge on any atom is -0.455 e. The average molecular weight is 484 g/mol. The fraction of sp³-hybridized carbons (Fsp3) is 0.179. The molecule has 2 aromatic heterocycles. The predicted molar refractivity (Wildman–Crippen MR) is 134 cm³/mol. The molecule has 36 heavy (non-hydrogen) atoms. The molecule has 0 aliphatic carbocycles. The van der Waals surface area contributed by atoms with Crippen molar-refractivity contribution in [3.63, 3.8) is 0 Å². The Morgan fingerprint density at radius 3 is 2.31 bits per heavy atom. The second kappa shape index (κ2) is 10.4. The smallest absolute Gasteiger partial charge is 0.407 e. The first-order valence-electron chi connectivity index (χ1n) is 11.6. The molecule has 0 aliphatic rings. The number of benzene rings is 3. The lowest BCUT2D eigenvalue weighted by atomic mass is 10.2. The summed E-state index contributed by atoms with van der Waals surface area (Å²) < 4.78 is 18.3. The molecule has 2 heterocycles. The fourth-order valence-electron chi connectivity index (χ4n) is 4.00. The zero-order valence-corrected chi connectivity index (χ0v) is 19.7. The predicted octanol–water partition coefficient (Wildman–Crippen LogP) is 5.45. The van der Waals surface area contributed by atoms with Crippen LogP contribution in [0.5, 0.6) is 0 Å². The third-order valence-electron chi connectivity index (χ3n) is 5.74. The van der Waals surface area contributed by atoms with Crippen LogP contribution in [0, 0.1) is 0 Å². The van der Waals surface area contributed by atoms with Crippen LogP contribution < -0.4 is 5.32 Å². The maximum Gasteiger partial charge on any atom is 0.407 e. The zero-order chi connectivity index (χ0) is 24.9. The molecule has 0 aliphatic heterocycles. The van der Waals surface area contributed by atoms with Crippen molar-refractivity contribution in [3.8, 4) is 0 Å². The fourth-order valence-corrected chi connectivity index (χ4v) is 4.00. The van der Waals surface area contributed by atoms with Crippen molar-refractivity contribution in [1.29, 1.82) is 0 Å². The number of alkyl carbamates (subject to hydrolysis) is 1. The van der Waals surface area contributed by atoms with Crippen LogP contribution in [-0.2, 0) is 29.2 Å². The third kappa shape index (κ3) is 5.22. The van der Waals surface area contributed by atoms with Crippen LogP contribution in [0.25, 0.3) is 21.9 Å². The number of amides is 1.